The number of pyridine rings is 1. The molecule has 18 heavy (non-hydrogen) atoms. The van der Waals surface area contributed by atoms with Crippen LogP contribution in [0.2, 0.25) is 5.02 Å². The normalized spacial score (nSPS) is 11.3. The molecule has 2 nitrogen and oxygen atoms in total. The first-order valence-corrected chi connectivity index (χ1v) is 6.25. The molecule has 2 aromatic rings. The predicted molar refractivity (Wildman–Crippen MR) is 79.7 cm³/mol. The summed E-state index contributed by atoms with van der Waals surface area (Å²) in [5.41, 5.74) is 3.22. The number of halogens is 1. The third kappa shape index (κ3) is 1.93. The second-order valence-electron chi connectivity index (χ2n) is 3.99. The summed E-state index contributed by atoms with van der Waals surface area (Å²) in [5, 5.41) is 2.80. The molecular formula is C15H15ClN2. The monoisotopic (exact) mass is 258 g/mol. The highest BCUT2D eigenvalue weighted by Gasteiger charge is 2.14. The van der Waals surface area contributed by atoms with Crippen molar-refractivity contribution < 1.29 is 0 Å². The van der Waals surface area contributed by atoms with Crippen LogP contribution in [0.5, 0.6) is 0 Å². The van der Waals surface area contributed by atoms with E-state index in [0.29, 0.717) is 5.02 Å². The summed E-state index contributed by atoms with van der Waals surface area (Å²) < 4.78 is 0. The van der Waals surface area contributed by atoms with E-state index >= 15 is 0 Å². The maximum absolute atomic E-state index is 6.44. The van der Waals surface area contributed by atoms with Crippen molar-refractivity contribution in [2.75, 3.05) is 7.05 Å². The average Bonchev–Trinajstić information content (AvgIpc) is 2.40. The molecule has 0 saturated heterocycles. The largest absolute Gasteiger partial charge is 0.296 e. The van der Waals surface area contributed by atoms with Crippen LogP contribution < -0.4 is 0 Å². The van der Waals surface area contributed by atoms with Crippen molar-refractivity contribution >= 4 is 34.7 Å². The van der Waals surface area contributed by atoms with Crippen molar-refractivity contribution in [3.05, 3.63) is 46.8 Å². The molecule has 0 spiro atoms. The fourth-order valence-electron chi connectivity index (χ4n) is 2.26. The van der Waals surface area contributed by atoms with Crippen LogP contribution in [0, 0.1) is 0 Å². The predicted octanol–water partition coefficient (Wildman–Crippen LogP) is 4.14. The third-order valence-electron chi connectivity index (χ3n) is 3.05. The highest BCUT2D eigenvalue weighted by Crippen LogP contribution is 2.34. The lowest BCUT2D eigenvalue weighted by molar-refractivity contribution is 1.15. The molecule has 0 amide bonds. The Labute approximate surface area is 112 Å². The zero-order valence-corrected chi connectivity index (χ0v) is 11.3. The molecule has 1 aromatic carbocycles. The molecule has 0 fully saturated rings. The number of nitrogens with zero attached hydrogens (tertiary/aromatic N) is 2. The summed E-state index contributed by atoms with van der Waals surface area (Å²) in [6.07, 6.45) is 8.14. The van der Waals surface area contributed by atoms with Crippen LogP contribution in [0.4, 0.5) is 0 Å². The van der Waals surface area contributed by atoms with Gasteiger partial charge in [-0.3, -0.25) is 9.98 Å². The Hall–Kier alpha value is -1.67. The van der Waals surface area contributed by atoms with Gasteiger partial charge >= 0.3 is 0 Å². The number of hydrogen-bond donors (Lipinski definition) is 0. The molecule has 1 heterocycles. The van der Waals surface area contributed by atoms with Gasteiger partial charge < -0.3 is 0 Å². The first kappa shape index (κ1) is 12.8. The third-order valence-corrected chi connectivity index (χ3v) is 3.46. The Morgan fingerprint density at radius 2 is 2.17 bits per heavy atom. The quantitative estimate of drug-likeness (QED) is 0.760. The highest BCUT2D eigenvalue weighted by atomic mass is 35.5. The SMILES string of the molecule is C=Cc1c(C=NC)c(CC)c2ccncc2c1Cl. The van der Waals surface area contributed by atoms with Crippen LogP contribution >= 0.6 is 11.6 Å². The second kappa shape index (κ2) is 5.32. The lowest BCUT2D eigenvalue weighted by Gasteiger charge is -2.14. The van der Waals surface area contributed by atoms with Crippen LogP contribution in [-0.2, 0) is 6.42 Å². The maximum Gasteiger partial charge on any atom is 0.0578 e. The van der Waals surface area contributed by atoms with Crippen LogP contribution in [0.1, 0.15) is 23.6 Å². The molecule has 0 aliphatic carbocycles. The number of aliphatic imine (C=N–C) groups is 1. The smallest absolute Gasteiger partial charge is 0.0578 e. The van der Waals surface area contributed by atoms with Crippen LogP contribution in [-0.4, -0.2) is 18.2 Å². The molecule has 0 atom stereocenters. The molecule has 2 rings (SSSR count). The molecule has 1 aromatic heterocycles. The van der Waals surface area contributed by atoms with Gasteiger partial charge in [-0.25, -0.2) is 0 Å². The number of fused-ring (bicyclic) bond motifs is 1. The fraction of sp³-hybridized carbons (Fsp3) is 0.200. The Morgan fingerprint density at radius 1 is 1.39 bits per heavy atom. The first-order chi connectivity index (χ1) is 8.74. The van der Waals surface area contributed by atoms with Gasteiger partial charge in [0.05, 0.1) is 5.02 Å². The summed E-state index contributed by atoms with van der Waals surface area (Å²) in [7, 11) is 1.76. The van der Waals surface area contributed by atoms with Gasteiger partial charge in [0.15, 0.2) is 0 Å². The Balaban J connectivity index is 3.00. The van der Waals surface area contributed by atoms with Gasteiger partial charge in [0.2, 0.25) is 0 Å². The molecule has 92 valence electrons. The second-order valence-corrected chi connectivity index (χ2v) is 4.36. The Kier molecular flexibility index (Phi) is 3.78. The number of rotatable bonds is 3. The zero-order valence-electron chi connectivity index (χ0n) is 10.6. The Bertz CT molecular complexity index is 630. The van der Waals surface area contributed by atoms with E-state index in [1.54, 1.807) is 25.5 Å². The van der Waals surface area contributed by atoms with E-state index in [2.05, 4.69) is 23.5 Å². The number of hydrogen-bond acceptors (Lipinski definition) is 2. The zero-order chi connectivity index (χ0) is 13.1. The number of aromatic nitrogens is 1. The van der Waals surface area contributed by atoms with Gasteiger partial charge in [-0.15, -0.1) is 0 Å². The summed E-state index contributed by atoms with van der Waals surface area (Å²) >= 11 is 6.44. The van der Waals surface area contributed by atoms with E-state index in [1.165, 1.54) is 5.56 Å². The lowest BCUT2D eigenvalue weighted by Crippen LogP contribution is -1.99. The molecule has 0 bridgehead atoms. The van der Waals surface area contributed by atoms with E-state index in [-0.39, 0.29) is 0 Å². The Morgan fingerprint density at radius 3 is 2.78 bits per heavy atom. The molecule has 0 radical (unpaired) electrons. The van der Waals surface area contributed by atoms with E-state index < -0.39 is 0 Å². The minimum atomic E-state index is 0.695. The van der Waals surface area contributed by atoms with E-state index in [1.807, 2.05) is 12.3 Å². The van der Waals surface area contributed by atoms with Gasteiger partial charge in [0.1, 0.15) is 0 Å². The molecule has 0 saturated carbocycles. The van der Waals surface area contributed by atoms with Crippen molar-refractivity contribution in [3.63, 3.8) is 0 Å². The molecule has 0 unspecified atom stereocenters. The lowest BCUT2D eigenvalue weighted by atomic mass is 9.94. The minimum Gasteiger partial charge on any atom is -0.296 e. The maximum atomic E-state index is 6.44. The van der Waals surface area contributed by atoms with Crippen molar-refractivity contribution in [2.24, 2.45) is 4.99 Å². The minimum absolute atomic E-state index is 0.695. The summed E-state index contributed by atoms with van der Waals surface area (Å²) in [4.78, 5) is 8.27. The van der Waals surface area contributed by atoms with Crippen LogP contribution in [0.15, 0.2) is 30.0 Å². The van der Waals surface area contributed by atoms with E-state index in [4.69, 9.17) is 11.6 Å². The van der Waals surface area contributed by atoms with Crippen molar-refractivity contribution in [1.82, 2.24) is 4.98 Å². The average molecular weight is 259 g/mol. The highest BCUT2D eigenvalue weighted by molar-refractivity contribution is 6.37. The van der Waals surface area contributed by atoms with Gasteiger partial charge in [-0.05, 0) is 23.4 Å². The molecule has 0 aliphatic rings. The van der Waals surface area contributed by atoms with Crippen molar-refractivity contribution in [1.29, 1.82) is 0 Å². The molecule has 3 heteroatoms. The molecule has 0 aliphatic heterocycles. The summed E-state index contributed by atoms with van der Waals surface area (Å²) in [6.45, 7) is 5.98. The summed E-state index contributed by atoms with van der Waals surface area (Å²) in [6, 6.07) is 2.00. The van der Waals surface area contributed by atoms with Gasteiger partial charge in [-0.2, -0.15) is 0 Å². The van der Waals surface area contributed by atoms with E-state index in [9.17, 15) is 0 Å². The number of aryl methyl sites for hydroxylation is 1. The number of benzene rings is 1. The van der Waals surface area contributed by atoms with Gasteiger partial charge in [0.25, 0.3) is 0 Å². The fourth-order valence-corrected chi connectivity index (χ4v) is 2.59. The van der Waals surface area contributed by atoms with Crippen molar-refractivity contribution in [3.8, 4) is 0 Å². The van der Waals surface area contributed by atoms with Crippen molar-refractivity contribution in [2.45, 2.75) is 13.3 Å². The molecule has 0 N–H and O–H groups in total. The van der Waals surface area contributed by atoms with Gasteiger partial charge in [-0.1, -0.05) is 31.2 Å². The van der Waals surface area contributed by atoms with Crippen LogP contribution in [0.3, 0.4) is 0 Å². The van der Waals surface area contributed by atoms with E-state index in [0.717, 1.165) is 28.3 Å². The topological polar surface area (TPSA) is 25.2 Å². The summed E-state index contributed by atoms with van der Waals surface area (Å²) in [5.74, 6) is 0. The van der Waals surface area contributed by atoms with Crippen LogP contribution in [0.25, 0.3) is 16.8 Å². The molecular weight excluding hydrogens is 244 g/mol. The first-order valence-electron chi connectivity index (χ1n) is 5.87. The standard InChI is InChI=1S/C15H15ClN2/c1-4-10-12-6-7-18-9-14(12)15(16)11(5-2)13(10)8-17-3/h5-9H,2,4H2,1,3H3. The van der Waals surface area contributed by atoms with Gasteiger partial charge in [0, 0.05) is 42.2 Å².